The first-order valence-corrected chi connectivity index (χ1v) is 7.90. The molecule has 0 spiro atoms. The molecule has 1 aliphatic rings. The van der Waals surface area contributed by atoms with Crippen LogP contribution in [0, 0.1) is 11.3 Å². The van der Waals surface area contributed by atoms with Crippen LogP contribution in [0.5, 0.6) is 0 Å². The third-order valence-electron chi connectivity index (χ3n) is 3.88. The number of nitrogens with zero attached hydrogens (tertiary/aromatic N) is 1. The van der Waals surface area contributed by atoms with Gasteiger partial charge in [-0.25, -0.2) is 4.79 Å². The predicted octanol–water partition coefficient (Wildman–Crippen LogP) is 4.47. The average molecular weight is 289 g/mol. The molecule has 1 heterocycles. The number of carbonyl (C=O) groups is 1. The Labute approximate surface area is 128 Å². The van der Waals surface area contributed by atoms with Gasteiger partial charge < -0.3 is 9.64 Å². The highest BCUT2D eigenvalue weighted by atomic mass is 16.6. The third-order valence-corrected chi connectivity index (χ3v) is 3.88. The Morgan fingerprint density at radius 2 is 2.00 bits per heavy atom. The normalized spacial score (nSPS) is 19.4. The van der Waals surface area contributed by atoms with Gasteiger partial charge in [-0.1, -0.05) is 51.1 Å². The van der Waals surface area contributed by atoms with Crippen molar-refractivity contribution in [3.8, 4) is 0 Å². The van der Waals surface area contributed by atoms with Crippen molar-refractivity contribution in [1.29, 1.82) is 0 Å². The van der Waals surface area contributed by atoms with E-state index in [0.717, 1.165) is 31.5 Å². The van der Waals surface area contributed by atoms with Gasteiger partial charge in [-0.15, -0.1) is 0 Å². The summed E-state index contributed by atoms with van der Waals surface area (Å²) in [5.41, 5.74) is 1.36. The number of piperidine rings is 1. The summed E-state index contributed by atoms with van der Waals surface area (Å²) < 4.78 is 5.43. The Morgan fingerprint density at radius 1 is 1.29 bits per heavy atom. The molecule has 1 aromatic carbocycles. The first kappa shape index (κ1) is 15.9. The molecule has 1 atom stereocenters. The van der Waals surface area contributed by atoms with Crippen LogP contribution in [0.15, 0.2) is 30.3 Å². The molecule has 0 aromatic heterocycles. The zero-order valence-corrected chi connectivity index (χ0v) is 13.5. The smallest absolute Gasteiger partial charge is 0.410 e. The van der Waals surface area contributed by atoms with Gasteiger partial charge in [0.2, 0.25) is 0 Å². The van der Waals surface area contributed by atoms with E-state index in [9.17, 15) is 4.79 Å². The maximum atomic E-state index is 12.2. The van der Waals surface area contributed by atoms with E-state index in [-0.39, 0.29) is 6.09 Å². The maximum Gasteiger partial charge on any atom is 0.410 e. The zero-order valence-electron chi connectivity index (χ0n) is 13.5. The Kier molecular flexibility index (Phi) is 5.27. The number of likely N-dealkylation sites (tertiary alicyclic amines) is 1. The van der Waals surface area contributed by atoms with E-state index in [4.69, 9.17) is 4.74 Å². The number of carbonyl (C=O) groups excluding carboxylic acids is 1. The van der Waals surface area contributed by atoms with Crippen molar-refractivity contribution >= 4 is 6.09 Å². The quantitative estimate of drug-likeness (QED) is 0.821. The summed E-state index contributed by atoms with van der Waals surface area (Å²) in [6.45, 7) is 8.82. The Balaban J connectivity index is 1.82. The van der Waals surface area contributed by atoms with E-state index in [1.807, 2.05) is 35.2 Å². The van der Waals surface area contributed by atoms with Crippen LogP contribution in [0.1, 0.15) is 45.6 Å². The minimum absolute atomic E-state index is 0.169. The van der Waals surface area contributed by atoms with Crippen LogP contribution in [0.3, 0.4) is 0 Å². The summed E-state index contributed by atoms with van der Waals surface area (Å²) in [5, 5.41) is 0. The highest BCUT2D eigenvalue weighted by molar-refractivity contribution is 5.67. The van der Waals surface area contributed by atoms with Crippen molar-refractivity contribution < 1.29 is 9.53 Å². The van der Waals surface area contributed by atoms with Crippen LogP contribution in [-0.2, 0) is 11.3 Å². The van der Waals surface area contributed by atoms with Gasteiger partial charge in [-0.05, 0) is 36.2 Å². The zero-order chi connectivity index (χ0) is 15.3. The lowest BCUT2D eigenvalue weighted by molar-refractivity contribution is 0.0727. The minimum Gasteiger partial charge on any atom is -0.445 e. The monoisotopic (exact) mass is 289 g/mol. The summed E-state index contributed by atoms with van der Waals surface area (Å²) in [6, 6.07) is 9.84. The fraction of sp³-hybridized carbons (Fsp3) is 0.611. The molecule has 0 aliphatic carbocycles. The molecule has 1 aliphatic heterocycles. The minimum atomic E-state index is -0.169. The summed E-state index contributed by atoms with van der Waals surface area (Å²) >= 11 is 0. The van der Waals surface area contributed by atoms with Gasteiger partial charge in [0.05, 0.1) is 0 Å². The Bertz CT molecular complexity index is 450. The molecule has 1 fully saturated rings. The number of hydrogen-bond donors (Lipinski definition) is 0. The maximum absolute atomic E-state index is 12.2. The number of ether oxygens (including phenoxy) is 1. The number of rotatable bonds is 3. The largest absolute Gasteiger partial charge is 0.445 e. The van der Waals surface area contributed by atoms with Crippen LogP contribution >= 0.6 is 0 Å². The molecule has 3 nitrogen and oxygen atoms in total. The van der Waals surface area contributed by atoms with Crippen molar-refractivity contribution in [2.45, 2.75) is 46.6 Å². The van der Waals surface area contributed by atoms with Crippen LogP contribution in [0.4, 0.5) is 4.79 Å². The molecule has 1 unspecified atom stereocenters. The summed E-state index contributed by atoms with van der Waals surface area (Å²) in [6.07, 6.45) is 3.30. The SMILES string of the molecule is CC(C)(C)CC1CCCN(C(=O)OCc2ccccc2)C1. The molecule has 1 aromatic rings. The molecule has 0 bridgehead atoms. The van der Waals surface area contributed by atoms with Crippen LogP contribution in [0.25, 0.3) is 0 Å². The molecule has 0 N–H and O–H groups in total. The third kappa shape index (κ3) is 5.41. The first-order valence-electron chi connectivity index (χ1n) is 7.90. The second kappa shape index (κ2) is 6.97. The molecular weight excluding hydrogens is 262 g/mol. The van der Waals surface area contributed by atoms with Gasteiger partial charge in [0.15, 0.2) is 0 Å². The van der Waals surface area contributed by atoms with Gasteiger partial charge in [0.25, 0.3) is 0 Å². The van der Waals surface area contributed by atoms with Crippen molar-refractivity contribution in [2.24, 2.45) is 11.3 Å². The molecule has 0 saturated carbocycles. The molecule has 1 saturated heterocycles. The van der Waals surface area contributed by atoms with Gasteiger partial charge in [0.1, 0.15) is 6.61 Å². The molecule has 1 amide bonds. The lowest BCUT2D eigenvalue weighted by Crippen LogP contribution is -2.41. The predicted molar refractivity (Wildman–Crippen MR) is 85.0 cm³/mol. The Morgan fingerprint density at radius 3 is 2.67 bits per heavy atom. The summed E-state index contributed by atoms with van der Waals surface area (Å²) in [5.74, 6) is 0.600. The molecule has 2 rings (SSSR count). The van der Waals surface area contributed by atoms with Crippen LogP contribution in [0.2, 0.25) is 0 Å². The number of benzene rings is 1. The van der Waals surface area contributed by atoms with E-state index in [1.165, 1.54) is 6.42 Å². The molecule has 116 valence electrons. The molecular formula is C18H27NO2. The highest BCUT2D eigenvalue weighted by Crippen LogP contribution is 2.30. The second-order valence-corrected chi connectivity index (χ2v) is 7.26. The van der Waals surface area contributed by atoms with Crippen LogP contribution in [-0.4, -0.2) is 24.1 Å². The van der Waals surface area contributed by atoms with E-state index in [1.54, 1.807) is 0 Å². The van der Waals surface area contributed by atoms with E-state index in [0.29, 0.717) is 17.9 Å². The van der Waals surface area contributed by atoms with E-state index in [2.05, 4.69) is 20.8 Å². The molecule has 21 heavy (non-hydrogen) atoms. The average Bonchev–Trinajstić information content (AvgIpc) is 2.44. The molecule has 3 heteroatoms. The standard InChI is InChI=1S/C18H27NO2/c1-18(2,3)12-16-10-7-11-19(13-16)17(20)21-14-15-8-5-4-6-9-15/h4-6,8-9,16H,7,10-14H2,1-3H3. The van der Waals surface area contributed by atoms with E-state index < -0.39 is 0 Å². The second-order valence-electron chi connectivity index (χ2n) is 7.26. The fourth-order valence-corrected chi connectivity index (χ4v) is 3.07. The lowest BCUT2D eigenvalue weighted by Gasteiger charge is -2.35. The first-order chi connectivity index (χ1) is 9.94. The van der Waals surface area contributed by atoms with Crippen molar-refractivity contribution in [3.05, 3.63) is 35.9 Å². The number of amides is 1. The fourth-order valence-electron chi connectivity index (χ4n) is 3.07. The highest BCUT2D eigenvalue weighted by Gasteiger charge is 2.27. The van der Waals surface area contributed by atoms with Crippen LogP contribution < -0.4 is 0 Å². The van der Waals surface area contributed by atoms with Gasteiger partial charge in [-0.2, -0.15) is 0 Å². The van der Waals surface area contributed by atoms with Gasteiger partial charge in [0, 0.05) is 13.1 Å². The van der Waals surface area contributed by atoms with Crippen molar-refractivity contribution in [1.82, 2.24) is 4.90 Å². The summed E-state index contributed by atoms with van der Waals surface area (Å²) in [4.78, 5) is 14.1. The Hall–Kier alpha value is -1.51. The van der Waals surface area contributed by atoms with Crippen molar-refractivity contribution in [3.63, 3.8) is 0 Å². The van der Waals surface area contributed by atoms with Gasteiger partial charge >= 0.3 is 6.09 Å². The van der Waals surface area contributed by atoms with Crippen molar-refractivity contribution in [2.75, 3.05) is 13.1 Å². The number of hydrogen-bond acceptors (Lipinski definition) is 2. The molecule has 0 radical (unpaired) electrons. The van der Waals surface area contributed by atoms with E-state index >= 15 is 0 Å². The van der Waals surface area contributed by atoms with Gasteiger partial charge in [-0.3, -0.25) is 0 Å². The lowest BCUT2D eigenvalue weighted by atomic mass is 9.81. The topological polar surface area (TPSA) is 29.5 Å². The summed E-state index contributed by atoms with van der Waals surface area (Å²) in [7, 11) is 0.